The molecule has 0 amide bonds. The molecule has 0 fully saturated rings. The smallest absolute Gasteiger partial charge is 0.308 e. The Bertz CT molecular complexity index is 3020. The summed E-state index contributed by atoms with van der Waals surface area (Å²) in [6, 6.07) is 15.7. The van der Waals surface area contributed by atoms with Crippen molar-refractivity contribution in [1.29, 1.82) is 31.6 Å². The van der Waals surface area contributed by atoms with Crippen molar-refractivity contribution in [3.8, 4) is 47.9 Å². The van der Waals surface area contributed by atoms with Gasteiger partial charge in [0.25, 0.3) is 0 Å². The zero-order valence-electron chi connectivity index (χ0n) is 45.1. The Morgan fingerprint density at radius 2 is 0.824 bits per heavy atom. The van der Waals surface area contributed by atoms with Gasteiger partial charge in [0.1, 0.15) is 70.3 Å². The van der Waals surface area contributed by atoms with Crippen LogP contribution in [0.2, 0.25) is 0 Å². The second-order valence-corrected chi connectivity index (χ2v) is 23.4. The molecule has 2 aromatic carbocycles. The van der Waals surface area contributed by atoms with E-state index < -0.39 is 23.1 Å². The van der Waals surface area contributed by atoms with Crippen LogP contribution in [0, 0.1) is 68.0 Å². The molecule has 6 aliphatic rings. The number of rotatable bonds is 6. The molecule has 14 heteroatoms. The number of allylic oxidation sites excluding steroid dienone is 4. The van der Waals surface area contributed by atoms with E-state index in [-0.39, 0.29) is 55.5 Å². The number of benzene rings is 2. The van der Waals surface area contributed by atoms with Crippen LogP contribution in [0.25, 0.3) is 12.2 Å². The fourth-order valence-corrected chi connectivity index (χ4v) is 11.2. The highest BCUT2D eigenvalue weighted by atomic mass is 16.5. The van der Waals surface area contributed by atoms with Gasteiger partial charge in [-0.3, -0.25) is 9.59 Å². The fraction of sp³-hybridized carbons (Fsp3) is 0.467. The van der Waals surface area contributed by atoms with Crippen molar-refractivity contribution in [2.75, 3.05) is 36.0 Å². The summed E-state index contributed by atoms with van der Waals surface area (Å²) >= 11 is 0. The average molecular weight is 993 g/mol. The Kier molecular flexibility index (Phi) is 13.9. The van der Waals surface area contributed by atoms with Crippen LogP contribution in [-0.2, 0) is 40.7 Å². The molecule has 6 aliphatic heterocycles. The molecule has 6 heterocycles. The monoisotopic (exact) mass is 992 g/mol. The number of carbonyl (C=O) groups is 2. The van der Waals surface area contributed by atoms with Crippen molar-refractivity contribution < 1.29 is 28.5 Å². The molecular formula is C60H64N8O6. The minimum absolute atomic E-state index is 0.00389. The molecule has 0 saturated carbocycles. The zero-order valence-corrected chi connectivity index (χ0v) is 45.1. The van der Waals surface area contributed by atoms with Crippen molar-refractivity contribution >= 4 is 35.5 Å². The van der Waals surface area contributed by atoms with Crippen molar-refractivity contribution in [1.82, 2.24) is 0 Å². The number of esters is 2. The van der Waals surface area contributed by atoms with E-state index >= 15 is 0 Å². The Morgan fingerprint density at radius 1 is 0.514 bits per heavy atom. The van der Waals surface area contributed by atoms with Crippen molar-refractivity contribution in [2.45, 2.75) is 155 Å². The fourth-order valence-electron chi connectivity index (χ4n) is 11.2. The largest absolute Gasteiger partial charge is 0.480 e. The number of hydrogen-bond acceptors (Lipinski definition) is 14. The highest BCUT2D eigenvalue weighted by Crippen LogP contribution is 2.56. The highest BCUT2D eigenvalue weighted by Gasteiger charge is 2.46. The van der Waals surface area contributed by atoms with Crippen LogP contribution in [0.1, 0.15) is 156 Å². The predicted octanol–water partition coefficient (Wildman–Crippen LogP) is 11.4. The number of nitriles is 6. The first-order valence-electron chi connectivity index (χ1n) is 25.0. The third-order valence-electron chi connectivity index (χ3n) is 15.5. The molecule has 2 aromatic rings. The van der Waals surface area contributed by atoms with Gasteiger partial charge < -0.3 is 28.7 Å². The van der Waals surface area contributed by atoms with Crippen molar-refractivity contribution in [2.24, 2.45) is 0 Å². The van der Waals surface area contributed by atoms with E-state index in [1.165, 1.54) is 36.3 Å². The lowest BCUT2D eigenvalue weighted by molar-refractivity contribution is -0.132. The Hall–Kier alpha value is -8.04. The second-order valence-electron chi connectivity index (χ2n) is 23.4. The average Bonchev–Trinajstić information content (AvgIpc) is 3.72. The molecule has 0 atom stereocenters. The van der Waals surface area contributed by atoms with Crippen molar-refractivity contribution in [3.63, 3.8) is 0 Å². The molecule has 8 rings (SSSR count). The van der Waals surface area contributed by atoms with E-state index in [1.807, 2.05) is 36.4 Å². The summed E-state index contributed by atoms with van der Waals surface area (Å²) in [5.74, 6) is 0.278. The van der Waals surface area contributed by atoms with Gasteiger partial charge >= 0.3 is 11.9 Å². The van der Waals surface area contributed by atoms with Gasteiger partial charge in [-0.05, 0) is 98.3 Å². The summed E-state index contributed by atoms with van der Waals surface area (Å²) in [5.41, 5.74) is 6.82. The molecule has 0 aliphatic carbocycles. The van der Waals surface area contributed by atoms with Gasteiger partial charge in [0, 0.05) is 84.8 Å². The van der Waals surface area contributed by atoms with Crippen LogP contribution in [-0.4, -0.2) is 49.3 Å². The zero-order chi connectivity index (χ0) is 54.7. The molecule has 0 unspecified atom stereocenters. The Labute approximate surface area is 435 Å². The van der Waals surface area contributed by atoms with Crippen LogP contribution in [0.3, 0.4) is 0 Å². The number of ether oxygens (including phenoxy) is 4. The first-order chi connectivity index (χ1) is 34.5. The third-order valence-corrected chi connectivity index (χ3v) is 15.5. The summed E-state index contributed by atoms with van der Waals surface area (Å²) in [6.45, 7) is 31.5. The SMILES string of the molecule is CC(=O)Oc1c(/C=C/C2=C(C#N)C(=C(C#N)C#N)OC2(C)C)cc2c3c1C(C)(C)CCN3CCC2(C)C.CC(=O)Oc1c(/C=C/C2=C(C#N)C(=C(C#N)C#N)OC2(C)C)cc2c3c1C(C)(C)CCN3CCC2(C)C. The standard InChI is InChI=1S/2C30H32N4O3/c2*1-18(35)36-27-19(8-9-22-21(17-33)26(20(15-31)16-32)37-30(22,6)7)14-23-25-24(27)29(4,5)11-13-34(25)12-10-28(23,2)3/h2*8-9,14H,10-13H2,1-7H3/b2*9-8+. The van der Waals surface area contributed by atoms with Crippen LogP contribution < -0.4 is 19.3 Å². The molecule has 0 aromatic heterocycles. The van der Waals surface area contributed by atoms with E-state index in [0.29, 0.717) is 22.6 Å². The lowest BCUT2D eigenvalue weighted by Crippen LogP contribution is -2.45. The molecule has 0 saturated heterocycles. The summed E-state index contributed by atoms with van der Waals surface area (Å²) in [7, 11) is 0. The van der Waals surface area contributed by atoms with Crippen LogP contribution in [0.15, 0.2) is 69.2 Å². The van der Waals surface area contributed by atoms with E-state index in [9.17, 15) is 41.2 Å². The van der Waals surface area contributed by atoms with Gasteiger partial charge in [-0.1, -0.05) is 79.7 Å². The molecule has 74 heavy (non-hydrogen) atoms. The molecule has 0 N–H and O–H groups in total. The van der Waals surface area contributed by atoms with Gasteiger partial charge in [-0.25, -0.2) is 0 Å². The Morgan fingerprint density at radius 3 is 1.11 bits per heavy atom. The van der Waals surface area contributed by atoms with Crippen LogP contribution >= 0.6 is 0 Å². The summed E-state index contributed by atoms with van der Waals surface area (Å²) < 4.78 is 23.6. The normalized spacial score (nSPS) is 20.4. The molecule has 0 spiro atoms. The third kappa shape index (κ3) is 9.43. The number of nitrogens with zero attached hydrogens (tertiary/aromatic N) is 8. The van der Waals surface area contributed by atoms with Gasteiger partial charge in [-0.15, -0.1) is 0 Å². The maximum absolute atomic E-state index is 12.3. The van der Waals surface area contributed by atoms with Crippen LogP contribution in [0.5, 0.6) is 11.5 Å². The van der Waals surface area contributed by atoms with Crippen LogP contribution in [0.4, 0.5) is 11.4 Å². The quantitative estimate of drug-likeness (QED) is 0.149. The molecule has 380 valence electrons. The minimum Gasteiger partial charge on any atom is -0.480 e. The highest BCUT2D eigenvalue weighted by molar-refractivity contribution is 5.83. The first-order valence-corrected chi connectivity index (χ1v) is 25.0. The number of hydrogen-bond donors (Lipinski definition) is 0. The van der Waals surface area contributed by atoms with Gasteiger partial charge in [0.2, 0.25) is 0 Å². The second kappa shape index (κ2) is 19.1. The molecule has 14 nitrogen and oxygen atoms in total. The maximum Gasteiger partial charge on any atom is 0.308 e. The number of carbonyl (C=O) groups excluding carboxylic acids is 2. The summed E-state index contributed by atoms with van der Waals surface area (Å²) in [5, 5.41) is 57.3. The van der Waals surface area contributed by atoms with Gasteiger partial charge in [0.15, 0.2) is 22.7 Å². The van der Waals surface area contributed by atoms with Gasteiger partial charge in [-0.2, -0.15) is 31.6 Å². The van der Waals surface area contributed by atoms with Crippen molar-refractivity contribution in [3.05, 3.63) is 103 Å². The van der Waals surface area contributed by atoms with E-state index in [4.69, 9.17) is 18.9 Å². The first kappa shape index (κ1) is 53.8. The summed E-state index contributed by atoms with van der Waals surface area (Å²) in [4.78, 5) is 29.4. The Balaban J connectivity index is 0.000000216. The molecular weight excluding hydrogens is 929 g/mol. The lowest BCUT2D eigenvalue weighted by atomic mass is 9.68. The van der Waals surface area contributed by atoms with E-state index in [2.05, 4.69) is 89.5 Å². The lowest BCUT2D eigenvalue weighted by Gasteiger charge is -2.48. The van der Waals surface area contributed by atoms with Gasteiger partial charge in [0.05, 0.1) is 0 Å². The molecule has 0 radical (unpaired) electrons. The van der Waals surface area contributed by atoms with E-state index in [1.54, 1.807) is 39.8 Å². The minimum atomic E-state index is -0.935. The number of anilines is 2. The maximum atomic E-state index is 12.3. The molecule has 0 bridgehead atoms. The predicted molar refractivity (Wildman–Crippen MR) is 281 cm³/mol. The topological polar surface area (TPSA) is 220 Å². The summed E-state index contributed by atoms with van der Waals surface area (Å²) in [6.07, 6.45) is 11.2. The van der Waals surface area contributed by atoms with E-state index in [0.717, 1.165) is 74.1 Å².